The predicted octanol–water partition coefficient (Wildman–Crippen LogP) is 18.2. The second-order valence-electron chi connectivity index (χ2n) is 20.2. The summed E-state index contributed by atoms with van der Waals surface area (Å²) in [6, 6.07) is 0. The third-order valence-electron chi connectivity index (χ3n) is 12.0. The Kier molecular flexibility index (Phi) is 52.8. The minimum atomic E-state index is -4.55. The highest BCUT2D eigenvalue weighted by molar-refractivity contribution is 7.45. The van der Waals surface area contributed by atoms with Gasteiger partial charge in [-0.1, -0.05) is 232 Å². The molecule has 0 aliphatic carbocycles. The zero-order valence-corrected chi connectivity index (χ0v) is 48.4. The molecule has 0 fully saturated rings. The van der Waals surface area contributed by atoms with Gasteiger partial charge >= 0.3 is 5.97 Å². The van der Waals surface area contributed by atoms with E-state index in [0.29, 0.717) is 17.6 Å². The van der Waals surface area contributed by atoms with Crippen LogP contribution in [0.25, 0.3) is 0 Å². The Labute approximate surface area is 450 Å². The summed E-state index contributed by atoms with van der Waals surface area (Å²) in [5.74, 6) is -0.352. The number of unbranched alkanes of at least 4 members (excludes halogenated alkanes) is 19. The van der Waals surface area contributed by atoms with E-state index >= 15 is 0 Å². The molecule has 0 heterocycles. The number of phosphoric acid groups is 1. The van der Waals surface area contributed by atoms with Gasteiger partial charge in [-0.25, -0.2) is 0 Å². The zero-order valence-electron chi connectivity index (χ0n) is 47.5. The molecule has 0 amide bonds. The topological polar surface area (TPSA) is 94.1 Å². The summed E-state index contributed by atoms with van der Waals surface area (Å²) in [6.07, 6.45) is 79.5. The average molecular weight is 1040 g/mol. The van der Waals surface area contributed by atoms with Gasteiger partial charge in [0.1, 0.15) is 19.3 Å². The van der Waals surface area contributed by atoms with E-state index in [1.165, 1.54) is 89.9 Å². The quantitative estimate of drug-likeness (QED) is 0.0197. The molecule has 0 rings (SSSR count). The van der Waals surface area contributed by atoms with Crippen molar-refractivity contribution >= 4 is 13.8 Å². The lowest BCUT2D eigenvalue weighted by atomic mass is 10.0. The van der Waals surface area contributed by atoms with E-state index in [4.69, 9.17) is 18.5 Å². The standard InChI is InChI=1S/C64H110NO7P/c1-6-8-10-12-14-16-18-20-22-24-26-28-30-32-34-36-38-40-42-44-46-48-50-52-54-56-59-69-61-63(62-71-73(67,68)70-60-58-65(3,4)5)72-64(66)57-55-53-51-49-47-45-43-41-39-37-35-33-31-29-27-25-23-21-19-17-15-13-11-9-7-2/h8-11,14-17,20-23,26-29,33,35,39,41,63H,6-7,12-13,18-19,24-25,30-32,34,36-38,40,42-62H2,1-5H3/b10-8-,11-9-,16-14-,17-15-,22-20-,23-21-,28-26-,29-27-,35-33-,41-39-. The van der Waals surface area contributed by atoms with Crippen LogP contribution >= 0.6 is 7.82 Å². The number of nitrogens with zero attached hydrogens (tertiary/aromatic N) is 1. The molecule has 9 heteroatoms. The number of ether oxygens (including phenoxy) is 2. The molecule has 0 aromatic carbocycles. The maximum atomic E-state index is 12.8. The van der Waals surface area contributed by atoms with E-state index in [1.807, 2.05) is 21.1 Å². The lowest BCUT2D eigenvalue weighted by Gasteiger charge is -2.28. The molecule has 0 radical (unpaired) electrons. The molecule has 0 N–H and O–H groups in total. The van der Waals surface area contributed by atoms with Crippen LogP contribution in [0, 0.1) is 0 Å². The van der Waals surface area contributed by atoms with Crippen molar-refractivity contribution in [2.75, 3.05) is 54.1 Å². The Balaban J connectivity index is 4.13. The van der Waals surface area contributed by atoms with E-state index in [9.17, 15) is 14.3 Å². The number of hydrogen-bond donors (Lipinski definition) is 0. The highest BCUT2D eigenvalue weighted by atomic mass is 31.2. The lowest BCUT2D eigenvalue weighted by molar-refractivity contribution is -0.870. The number of carbonyl (C=O) groups excluding carboxylic acids is 1. The van der Waals surface area contributed by atoms with E-state index in [0.717, 1.165) is 109 Å². The van der Waals surface area contributed by atoms with Crippen molar-refractivity contribution in [3.8, 4) is 0 Å². The van der Waals surface area contributed by atoms with Crippen LogP contribution in [-0.2, 0) is 27.9 Å². The smallest absolute Gasteiger partial charge is 0.306 e. The Morgan fingerprint density at radius 2 is 0.753 bits per heavy atom. The van der Waals surface area contributed by atoms with Crippen LogP contribution in [0.5, 0.6) is 0 Å². The molecule has 0 spiro atoms. The van der Waals surface area contributed by atoms with Crippen molar-refractivity contribution in [2.45, 2.75) is 225 Å². The van der Waals surface area contributed by atoms with Gasteiger partial charge < -0.3 is 27.9 Å². The first-order valence-electron chi connectivity index (χ1n) is 29.3. The van der Waals surface area contributed by atoms with Gasteiger partial charge in [0.2, 0.25) is 0 Å². The molecule has 0 aliphatic heterocycles. The Bertz CT molecular complexity index is 1580. The molecular formula is C64H110NO7P. The average Bonchev–Trinajstić information content (AvgIpc) is 3.35. The Morgan fingerprint density at radius 1 is 0.425 bits per heavy atom. The van der Waals surface area contributed by atoms with Crippen LogP contribution in [0.15, 0.2) is 122 Å². The van der Waals surface area contributed by atoms with Crippen LogP contribution in [0.3, 0.4) is 0 Å². The van der Waals surface area contributed by atoms with E-state index in [1.54, 1.807) is 0 Å². The number of esters is 1. The molecule has 0 saturated carbocycles. The van der Waals surface area contributed by atoms with E-state index in [-0.39, 0.29) is 32.2 Å². The van der Waals surface area contributed by atoms with Crippen molar-refractivity contribution in [2.24, 2.45) is 0 Å². The minimum Gasteiger partial charge on any atom is -0.756 e. The summed E-state index contributed by atoms with van der Waals surface area (Å²) in [7, 11) is 1.33. The number of likely N-dealkylation sites (N-methyl/N-ethyl adjacent to an activating group) is 1. The first-order chi connectivity index (χ1) is 35.6. The largest absolute Gasteiger partial charge is 0.756 e. The predicted molar refractivity (Wildman–Crippen MR) is 314 cm³/mol. The number of carbonyl (C=O) groups is 1. The fourth-order valence-electron chi connectivity index (χ4n) is 7.60. The van der Waals surface area contributed by atoms with Crippen LogP contribution in [-0.4, -0.2) is 70.7 Å². The van der Waals surface area contributed by atoms with Gasteiger partial charge in [0.05, 0.1) is 34.4 Å². The van der Waals surface area contributed by atoms with Crippen molar-refractivity contribution in [1.29, 1.82) is 0 Å². The number of phosphoric ester groups is 1. The summed E-state index contributed by atoms with van der Waals surface area (Å²) < 4.78 is 34.9. The van der Waals surface area contributed by atoms with Crippen molar-refractivity contribution in [3.63, 3.8) is 0 Å². The molecule has 0 aliphatic rings. The Morgan fingerprint density at radius 3 is 1.12 bits per heavy atom. The van der Waals surface area contributed by atoms with Gasteiger partial charge in [0.15, 0.2) is 0 Å². The summed E-state index contributed by atoms with van der Waals surface area (Å²) in [5.41, 5.74) is 0. The van der Waals surface area contributed by atoms with Gasteiger partial charge in [-0.2, -0.15) is 0 Å². The molecule has 0 saturated heterocycles. The number of rotatable bonds is 53. The third kappa shape index (κ3) is 59.7. The van der Waals surface area contributed by atoms with E-state index in [2.05, 4.69) is 135 Å². The molecule has 418 valence electrons. The van der Waals surface area contributed by atoms with Crippen LogP contribution < -0.4 is 4.89 Å². The highest BCUT2D eigenvalue weighted by Gasteiger charge is 2.20. The summed E-state index contributed by atoms with van der Waals surface area (Å²) in [6.45, 7) is 5.16. The molecule has 2 unspecified atom stereocenters. The fraction of sp³-hybridized carbons (Fsp3) is 0.672. The molecule has 73 heavy (non-hydrogen) atoms. The summed E-state index contributed by atoms with van der Waals surface area (Å²) in [4.78, 5) is 25.3. The van der Waals surface area contributed by atoms with Gasteiger partial charge in [0.25, 0.3) is 7.82 Å². The van der Waals surface area contributed by atoms with Crippen LogP contribution in [0.1, 0.15) is 219 Å². The molecule has 0 aromatic rings. The lowest BCUT2D eigenvalue weighted by Crippen LogP contribution is -2.37. The number of quaternary nitrogens is 1. The molecular weight excluding hydrogens is 926 g/mol. The normalized spacial score (nSPS) is 14.3. The Hall–Kier alpha value is -3.10. The number of allylic oxidation sites excluding steroid dienone is 20. The van der Waals surface area contributed by atoms with Gasteiger partial charge in [-0.15, -0.1) is 0 Å². The van der Waals surface area contributed by atoms with Crippen LogP contribution in [0.2, 0.25) is 0 Å². The maximum absolute atomic E-state index is 12.8. The molecule has 0 aromatic heterocycles. The van der Waals surface area contributed by atoms with Crippen molar-refractivity contribution in [3.05, 3.63) is 122 Å². The summed E-state index contributed by atoms with van der Waals surface area (Å²) in [5, 5.41) is 0. The molecule has 8 nitrogen and oxygen atoms in total. The first-order valence-corrected chi connectivity index (χ1v) is 30.7. The second-order valence-corrected chi connectivity index (χ2v) is 21.6. The van der Waals surface area contributed by atoms with Gasteiger partial charge in [-0.3, -0.25) is 9.36 Å². The third-order valence-corrected chi connectivity index (χ3v) is 13.0. The highest BCUT2D eigenvalue weighted by Crippen LogP contribution is 2.38. The van der Waals surface area contributed by atoms with Crippen molar-refractivity contribution in [1.82, 2.24) is 0 Å². The molecule has 0 bridgehead atoms. The number of hydrogen-bond acceptors (Lipinski definition) is 7. The SMILES string of the molecule is CC/C=C\C/C=C\C/C=C\C/C=C\C/C=C\C/C=C\CCCCCCCCC(=O)OC(COCCCCCCCCCCCCCCC/C=C\C/C=C\C/C=C\C/C=C\CC)COP(=O)([O-])OCC[N+](C)(C)C. The second kappa shape index (κ2) is 55.1. The van der Waals surface area contributed by atoms with Crippen LogP contribution in [0.4, 0.5) is 0 Å². The van der Waals surface area contributed by atoms with Gasteiger partial charge in [-0.05, 0) is 103 Å². The van der Waals surface area contributed by atoms with Crippen molar-refractivity contribution < 1.29 is 37.3 Å². The minimum absolute atomic E-state index is 0.0162. The van der Waals surface area contributed by atoms with Gasteiger partial charge in [0, 0.05) is 13.0 Å². The molecule has 2 atom stereocenters. The fourth-order valence-corrected chi connectivity index (χ4v) is 8.33. The monoisotopic (exact) mass is 1040 g/mol. The zero-order chi connectivity index (χ0) is 53.3. The summed E-state index contributed by atoms with van der Waals surface area (Å²) >= 11 is 0. The maximum Gasteiger partial charge on any atom is 0.306 e. The van der Waals surface area contributed by atoms with E-state index < -0.39 is 13.9 Å². The first kappa shape index (κ1) is 69.9.